The zero-order chi connectivity index (χ0) is 15.2. The number of rotatable bonds is 8. The Hall–Kier alpha value is -1.60. The van der Waals surface area contributed by atoms with Gasteiger partial charge in [-0.1, -0.05) is 6.92 Å². The summed E-state index contributed by atoms with van der Waals surface area (Å²) < 4.78 is 28.3. The van der Waals surface area contributed by atoms with Crippen LogP contribution in [0.5, 0.6) is 0 Å². The van der Waals surface area contributed by atoms with Gasteiger partial charge in [0.1, 0.15) is 0 Å². The summed E-state index contributed by atoms with van der Waals surface area (Å²) >= 11 is 0. The molecule has 0 aliphatic carbocycles. The first-order valence-corrected chi connectivity index (χ1v) is 7.85. The fraction of sp³-hybridized carbons (Fsp3) is 0.462. The Bertz CT molecular complexity index is 538. The van der Waals surface area contributed by atoms with Gasteiger partial charge < -0.3 is 15.2 Å². The quantitative estimate of drug-likeness (QED) is 0.753. The number of sulfone groups is 1. The summed E-state index contributed by atoms with van der Waals surface area (Å²) in [6, 6.07) is 6.35. The molecule has 0 saturated heterocycles. The number of anilines is 1. The van der Waals surface area contributed by atoms with Crippen LogP contribution in [-0.4, -0.2) is 45.0 Å². The molecule has 0 aromatic heterocycles. The van der Waals surface area contributed by atoms with Crippen LogP contribution in [0, 0.1) is 0 Å². The molecule has 0 fully saturated rings. The molecule has 1 atom stereocenters. The largest absolute Gasteiger partial charge is 0.481 e. The summed E-state index contributed by atoms with van der Waals surface area (Å²) in [6.07, 6.45) is -0.530. The predicted octanol–water partition coefficient (Wildman–Crippen LogP) is 1.38. The number of methoxy groups -OCH3 is 1. The maximum atomic E-state index is 11.6. The highest BCUT2D eigenvalue weighted by Gasteiger charge is 2.13. The summed E-state index contributed by atoms with van der Waals surface area (Å²) in [6.45, 7) is 1.93. The highest BCUT2D eigenvalue weighted by Crippen LogP contribution is 2.15. The third-order valence-corrected chi connectivity index (χ3v) is 4.61. The zero-order valence-electron chi connectivity index (χ0n) is 11.5. The van der Waals surface area contributed by atoms with Crippen LogP contribution in [-0.2, 0) is 19.4 Å². The minimum absolute atomic E-state index is 0.0597. The fourth-order valence-corrected chi connectivity index (χ4v) is 2.50. The number of ether oxygens (including phenoxy) is 1. The topological polar surface area (TPSA) is 92.7 Å². The standard InChI is InChI=1S/C13H19NO5S/c1-3-20(17,18)12-6-4-10(5-7-12)14-9-11(19-2)8-13(15)16/h4-7,11,14H,3,8-9H2,1-2H3,(H,15,16). The van der Waals surface area contributed by atoms with Crippen LogP contribution >= 0.6 is 0 Å². The molecule has 0 amide bonds. The van der Waals surface area contributed by atoms with Crippen molar-refractivity contribution in [3.63, 3.8) is 0 Å². The molecule has 0 aliphatic rings. The van der Waals surface area contributed by atoms with Crippen LogP contribution in [0.1, 0.15) is 13.3 Å². The van der Waals surface area contributed by atoms with Crippen LogP contribution in [0.15, 0.2) is 29.2 Å². The molecule has 0 bridgehead atoms. The van der Waals surface area contributed by atoms with Crippen molar-refractivity contribution in [2.75, 3.05) is 24.7 Å². The van der Waals surface area contributed by atoms with E-state index in [4.69, 9.17) is 9.84 Å². The SMILES string of the molecule is CCS(=O)(=O)c1ccc(NCC(CC(=O)O)OC)cc1. The minimum Gasteiger partial charge on any atom is -0.481 e. The fourth-order valence-electron chi connectivity index (χ4n) is 1.61. The van der Waals surface area contributed by atoms with E-state index in [1.54, 1.807) is 19.1 Å². The monoisotopic (exact) mass is 301 g/mol. The summed E-state index contributed by atoms with van der Waals surface area (Å²) in [5.41, 5.74) is 0.715. The molecule has 1 aromatic carbocycles. The molecule has 112 valence electrons. The number of benzene rings is 1. The smallest absolute Gasteiger partial charge is 0.306 e. The molecule has 1 unspecified atom stereocenters. The van der Waals surface area contributed by atoms with E-state index in [1.165, 1.54) is 19.2 Å². The van der Waals surface area contributed by atoms with Gasteiger partial charge in [0.25, 0.3) is 0 Å². The Morgan fingerprint density at radius 2 is 1.95 bits per heavy atom. The average Bonchev–Trinajstić information content (AvgIpc) is 2.43. The second kappa shape index (κ2) is 7.25. The molecule has 0 spiro atoms. The second-order valence-corrected chi connectivity index (χ2v) is 6.54. The number of nitrogens with one attached hydrogen (secondary N) is 1. The minimum atomic E-state index is -3.20. The van der Waals surface area contributed by atoms with Gasteiger partial charge in [-0.3, -0.25) is 4.79 Å². The van der Waals surface area contributed by atoms with Crippen molar-refractivity contribution in [1.82, 2.24) is 0 Å². The van der Waals surface area contributed by atoms with Gasteiger partial charge in [-0.25, -0.2) is 8.42 Å². The van der Waals surface area contributed by atoms with Crippen molar-refractivity contribution in [1.29, 1.82) is 0 Å². The van der Waals surface area contributed by atoms with E-state index in [9.17, 15) is 13.2 Å². The summed E-state index contributed by atoms with van der Waals surface area (Å²) in [5, 5.41) is 11.7. The first kappa shape index (κ1) is 16.5. The van der Waals surface area contributed by atoms with Crippen LogP contribution in [0.25, 0.3) is 0 Å². The van der Waals surface area contributed by atoms with Crippen molar-refractivity contribution >= 4 is 21.5 Å². The first-order chi connectivity index (χ1) is 9.39. The second-order valence-electron chi connectivity index (χ2n) is 4.26. The van der Waals surface area contributed by atoms with Gasteiger partial charge >= 0.3 is 5.97 Å². The van der Waals surface area contributed by atoms with E-state index in [2.05, 4.69) is 5.32 Å². The Balaban J connectivity index is 2.64. The lowest BCUT2D eigenvalue weighted by atomic mass is 10.2. The number of carboxylic acid groups (broad SMARTS) is 1. The molecule has 1 rings (SSSR count). The number of carbonyl (C=O) groups is 1. The van der Waals surface area contributed by atoms with Crippen LogP contribution in [0.3, 0.4) is 0 Å². The lowest BCUT2D eigenvalue weighted by Gasteiger charge is -2.15. The van der Waals surface area contributed by atoms with E-state index < -0.39 is 21.9 Å². The molecule has 1 aromatic rings. The molecule has 20 heavy (non-hydrogen) atoms. The Labute approximate surface area is 118 Å². The van der Waals surface area contributed by atoms with Gasteiger partial charge in [-0.05, 0) is 24.3 Å². The zero-order valence-corrected chi connectivity index (χ0v) is 12.3. The third kappa shape index (κ3) is 4.82. The molecular weight excluding hydrogens is 282 g/mol. The van der Waals surface area contributed by atoms with E-state index in [0.717, 1.165) is 0 Å². The van der Waals surface area contributed by atoms with Gasteiger partial charge in [0, 0.05) is 19.3 Å². The van der Waals surface area contributed by atoms with Gasteiger partial charge in [0.05, 0.1) is 23.2 Å². The molecule has 7 heteroatoms. The first-order valence-electron chi connectivity index (χ1n) is 6.20. The highest BCUT2D eigenvalue weighted by molar-refractivity contribution is 7.91. The number of aliphatic carboxylic acids is 1. The van der Waals surface area contributed by atoms with E-state index >= 15 is 0 Å². The van der Waals surface area contributed by atoms with E-state index in [-0.39, 0.29) is 17.1 Å². The summed E-state index contributed by atoms with van der Waals surface area (Å²) in [7, 11) is -1.75. The van der Waals surface area contributed by atoms with Gasteiger partial charge in [-0.15, -0.1) is 0 Å². The van der Waals surface area contributed by atoms with Crippen molar-refractivity contribution in [3.8, 4) is 0 Å². The van der Waals surface area contributed by atoms with Crippen molar-refractivity contribution in [3.05, 3.63) is 24.3 Å². The number of carboxylic acids is 1. The maximum absolute atomic E-state index is 11.6. The van der Waals surface area contributed by atoms with Crippen LogP contribution in [0.2, 0.25) is 0 Å². The molecule has 0 radical (unpaired) electrons. The Morgan fingerprint density at radius 1 is 1.35 bits per heavy atom. The van der Waals surface area contributed by atoms with Crippen molar-refractivity contribution in [2.45, 2.75) is 24.3 Å². The summed E-state index contributed by atoms with van der Waals surface area (Å²) in [4.78, 5) is 10.9. The molecule has 0 heterocycles. The van der Waals surface area contributed by atoms with Crippen LogP contribution < -0.4 is 5.32 Å². The van der Waals surface area contributed by atoms with Gasteiger partial charge in [0.15, 0.2) is 9.84 Å². The van der Waals surface area contributed by atoms with Gasteiger partial charge in [-0.2, -0.15) is 0 Å². The number of hydrogen-bond donors (Lipinski definition) is 2. The lowest BCUT2D eigenvalue weighted by molar-refractivity contribution is -0.139. The lowest BCUT2D eigenvalue weighted by Crippen LogP contribution is -2.24. The predicted molar refractivity (Wildman–Crippen MR) is 75.7 cm³/mol. The molecule has 0 aliphatic heterocycles. The third-order valence-electron chi connectivity index (χ3n) is 2.86. The summed E-state index contributed by atoms with van der Waals surface area (Å²) in [5.74, 6) is -0.868. The van der Waals surface area contributed by atoms with E-state index in [1.807, 2.05) is 0 Å². The van der Waals surface area contributed by atoms with Crippen molar-refractivity contribution < 1.29 is 23.1 Å². The maximum Gasteiger partial charge on any atom is 0.306 e. The van der Waals surface area contributed by atoms with Crippen LogP contribution in [0.4, 0.5) is 5.69 Å². The molecule has 0 saturated carbocycles. The highest BCUT2D eigenvalue weighted by atomic mass is 32.2. The Kier molecular flexibility index (Phi) is 5.97. The number of hydrogen-bond acceptors (Lipinski definition) is 5. The molecule has 6 nitrogen and oxygen atoms in total. The van der Waals surface area contributed by atoms with E-state index in [0.29, 0.717) is 12.2 Å². The Morgan fingerprint density at radius 3 is 2.40 bits per heavy atom. The molecule has 2 N–H and O–H groups in total. The van der Waals surface area contributed by atoms with Gasteiger partial charge in [0.2, 0.25) is 0 Å². The van der Waals surface area contributed by atoms with Crippen molar-refractivity contribution in [2.24, 2.45) is 0 Å². The average molecular weight is 301 g/mol. The molecular formula is C13H19NO5S. The normalized spacial score (nSPS) is 12.9.